The summed E-state index contributed by atoms with van der Waals surface area (Å²) in [5.74, 6) is -0.823. The van der Waals surface area contributed by atoms with Gasteiger partial charge in [-0.3, -0.25) is 9.59 Å². The lowest BCUT2D eigenvalue weighted by Gasteiger charge is -2.12. The van der Waals surface area contributed by atoms with E-state index in [1.807, 2.05) is 31.2 Å². The van der Waals surface area contributed by atoms with Crippen LogP contribution in [0.3, 0.4) is 0 Å². The second-order valence-electron chi connectivity index (χ2n) is 8.35. The lowest BCUT2D eigenvalue weighted by Crippen LogP contribution is -2.23. The summed E-state index contributed by atoms with van der Waals surface area (Å²) in [6.07, 6.45) is -4.11. The molecule has 2 amide bonds. The van der Waals surface area contributed by atoms with Crippen molar-refractivity contribution in [3.8, 4) is 11.3 Å². The SMILES string of the molecule is CC(=O)NCCc1nc2cc(NC(=O)c3cccc(C(F)(F)F)c3)ccc2nc1-c1ccc(C)cc1. The third-order valence-electron chi connectivity index (χ3n) is 5.51. The minimum atomic E-state index is -4.54. The van der Waals surface area contributed by atoms with Gasteiger partial charge in [0.25, 0.3) is 5.91 Å². The number of halogens is 3. The maximum Gasteiger partial charge on any atom is 0.416 e. The molecule has 184 valence electrons. The van der Waals surface area contributed by atoms with Gasteiger partial charge in [0.1, 0.15) is 0 Å². The monoisotopic (exact) mass is 492 g/mol. The maximum atomic E-state index is 13.0. The highest BCUT2D eigenvalue weighted by molar-refractivity contribution is 6.05. The number of amides is 2. The van der Waals surface area contributed by atoms with Crippen molar-refractivity contribution in [1.29, 1.82) is 0 Å². The lowest BCUT2D eigenvalue weighted by molar-refractivity contribution is -0.137. The van der Waals surface area contributed by atoms with E-state index in [1.165, 1.54) is 19.1 Å². The lowest BCUT2D eigenvalue weighted by atomic mass is 10.1. The van der Waals surface area contributed by atoms with E-state index in [2.05, 4.69) is 10.6 Å². The van der Waals surface area contributed by atoms with Crippen LogP contribution in [0, 0.1) is 6.92 Å². The summed E-state index contributed by atoms with van der Waals surface area (Å²) in [4.78, 5) is 33.5. The first-order valence-corrected chi connectivity index (χ1v) is 11.2. The number of benzene rings is 3. The van der Waals surface area contributed by atoms with Crippen LogP contribution in [0.25, 0.3) is 22.3 Å². The Morgan fingerprint density at radius 2 is 1.67 bits per heavy atom. The zero-order valence-corrected chi connectivity index (χ0v) is 19.6. The van der Waals surface area contributed by atoms with Crippen molar-refractivity contribution in [1.82, 2.24) is 15.3 Å². The van der Waals surface area contributed by atoms with Gasteiger partial charge in [-0.2, -0.15) is 13.2 Å². The zero-order chi connectivity index (χ0) is 25.9. The van der Waals surface area contributed by atoms with E-state index in [4.69, 9.17) is 9.97 Å². The Morgan fingerprint density at radius 1 is 0.917 bits per heavy atom. The van der Waals surface area contributed by atoms with Crippen molar-refractivity contribution < 1.29 is 22.8 Å². The van der Waals surface area contributed by atoms with Gasteiger partial charge in [0, 0.05) is 36.7 Å². The highest BCUT2D eigenvalue weighted by Crippen LogP contribution is 2.30. The summed E-state index contributed by atoms with van der Waals surface area (Å²) in [5.41, 5.74) is 3.80. The number of hydrogen-bond donors (Lipinski definition) is 2. The van der Waals surface area contributed by atoms with Crippen LogP contribution in [-0.4, -0.2) is 28.3 Å². The average Bonchev–Trinajstić information content (AvgIpc) is 2.83. The molecule has 0 spiro atoms. The topological polar surface area (TPSA) is 84.0 Å². The molecule has 36 heavy (non-hydrogen) atoms. The molecule has 0 saturated heterocycles. The van der Waals surface area contributed by atoms with Crippen molar-refractivity contribution in [3.05, 3.63) is 89.1 Å². The largest absolute Gasteiger partial charge is 0.416 e. The first-order chi connectivity index (χ1) is 17.1. The quantitative estimate of drug-likeness (QED) is 0.369. The van der Waals surface area contributed by atoms with Crippen LogP contribution in [0.5, 0.6) is 0 Å². The fourth-order valence-corrected chi connectivity index (χ4v) is 3.68. The number of rotatable bonds is 6. The summed E-state index contributed by atoms with van der Waals surface area (Å²) in [7, 11) is 0. The molecule has 1 heterocycles. The molecule has 1 aromatic heterocycles. The number of nitrogens with one attached hydrogen (secondary N) is 2. The van der Waals surface area contributed by atoms with Crippen LogP contribution in [0.15, 0.2) is 66.7 Å². The Balaban J connectivity index is 1.66. The normalized spacial score (nSPS) is 11.4. The Morgan fingerprint density at radius 3 is 2.36 bits per heavy atom. The summed E-state index contributed by atoms with van der Waals surface area (Å²) in [5, 5.41) is 5.38. The number of alkyl halides is 3. The van der Waals surface area contributed by atoms with Crippen LogP contribution >= 0.6 is 0 Å². The molecular weight excluding hydrogens is 469 g/mol. The van der Waals surface area contributed by atoms with Crippen molar-refractivity contribution in [2.75, 3.05) is 11.9 Å². The molecule has 0 saturated carbocycles. The summed E-state index contributed by atoms with van der Waals surface area (Å²) < 4.78 is 39.0. The van der Waals surface area contributed by atoms with Crippen LogP contribution in [0.2, 0.25) is 0 Å². The Hall–Kier alpha value is -4.27. The standard InChI is InChI=1S/C27H23F3N4O2/c1-16-6-8-18(9-7-16)25-23(12-13-31-17(2)35)33-24-15-21(10-11-22(24)34-25)32-26(36)19-4-3-5-20(14-19)27(28,29)30/h3-11,14-15H,12-13H2,1-2H3,(H,31,35)(H,32,36). The van der Waals surface area contributed by atoms with E-state index >= 15 is 0 Å². The second-order valence-corrected chi connectivity index (χ2v) is 8.35. The predicted octanol–water partition coefficient (Wildman–Crippen LogP) is 5.55. The Bertz CT molecular complexity index is 1430. The number of carbonyl (C=O) groups excluding carboxylic acids is 2. The molecule has 6 nitrogen and oxygen atoms in total. The Kier molecular flexibility index (Phi) is 7.00. The maximum absolute atomic E-state index is 13.0. The fourth-order valence-electron chi connectivity index (χ4n) is 3.68. The number of anilines is 1. The summed E-state index contributed by atoms with van der Waals surface area (Å²) in [6, 6.07) is 17.0. The highest BCUT2D eigenvalue weighted by atomic mass is 19.4. The van der Waals surface area contributed by atoms with E-state index in [0.29, 0.717) is 41.1 Å². The molecule has 4 aromatic rings. The van der Waals surface area contributed by atoms with Crippen LogP contribution < -0.4 is 10.6 Å². The molecule has 0 aliphatic heterocycles. The van der Waals surface area contributed by atoms with Crippen molar-refractivity contribution in [2.24, 2.45) is 0 Å². The molecule has 0 aliphatic carbocycles. The number of carbonyl (C=O) groups is 2. The number of fused-ring (bicyclic) bond motifs is 1. The van der Waals surface area contributed by atoms with E-state index in [-0.39, 0.29) is 11.5 Å². The van der Waals surface area contributed by atoms with Gasteiger partial charge in [-0.25, -0.2) is 9.97 Å². The average molecular weight is 493 g/mol. The minimum Gasteiger partial charge on any atom is -0.356 e. The molecule has 9 heteroatoms. The van der Waals surface area contributed by atoms with Crippen molar-refractivity contribution in [2.45, 2.75) is 26.4 Å². The van der Waals surface area contributed by atoms with E-state index in [1.54, 1.807) is 18.2 Å². The predicted molar refractivity (Wildman–Crippen MR) is 131 cm³/mol. The summed E-state index contributed by atoms with van der Waals surface area (Å²) in [6.45, 7) is 3.80. The molecule has 0 fully saturated rings. The van der Waals surface area contributed by atoms with Gasteiger partial charge in [0.15, 0.2) is 0 Å². The van der Waals surface area contributed by atoms with Crippen molar-refractivity contribution in [3.63, 3.8) is 0 Å². The molecule has 3 aromatic carbocycles. The van der Waals surface area contributed by atoms with Gasteiger partial charge in [-0.15, -0.1) is 0 Å². The van der Waals surface area contributed by atoms with E-state index in [9.17, 15) is 22.8 Å². The first kappa shape index (κ1) is 24.8. The third-order valence-corrected chi connectivity index (χ3v) is 5.51. The summed E-state index contributed by atoms with van der Waals surface area (Å²) >= 11 is 0. The van der Waals surface area contributed by atoms with Gasteiger partial charge < -0.3 is 10.6 Å². The number of aromatic nitrogens is 2. The molecule has 0 atom stereocenters. The number of hydrogen-bond acceptors (Lipinski definition) is 4. The number of nitrogens with zero attached hydrogens (tertiary/aromatic N) is 2. The zero-order valence-electron chi connectivity index (χ0n) is 19.6. The third kappa shape index (κ3) is 5.86. The molecule has 0 bridgehead atoms. The van der Waals surface area contributed by atoms with Crippen LogP contribution in [0.1, 0.15) is 34.1 Å². The molecule has 2 N–H and O–H groups in total. The van der Waals surface area contributed by atoms with Gasteiger partial charge in [-0.1, -0.05) is 35.9 Å². The van der Waals surface area contributed by atoms with E-state index in [0.717, 1.165) is 23.3 Å². The number of aryl methyl sites for hydroxylation is 1. The Labute approximate surface area is 205 Å². The highest BCUT2D eigenvalue weighted by Gasteiger charge is 2.30. The molecule has 4 rings (SSSR count). The van der Waals surface area contributed by atoms with Crippen molar-refractivity contribution >= 4 is 28.5 Å². The molecule has 0 aliphatic rings. The van der Waals surface area contributed by atoms with Gasteiger partial charge >= 0.3 is 6.18 Å². The van der Waals surface area contributed by atoms with Crippen LogP contribution in [0.4, 0.5) is 18.9 Å². The van der Waals surface area contributed by atoms with Crippen LogP contribution in [-0.2, 0) is 17.4 Å². The minimum absolute atomic E-state index is 0.110. The van der Waals surface area contributed by atoms with Gasteiger partial charge in [0.2, 0.25) is 5.91 Å². The molecule has 0 radical (unpaired) electrons. The second kappa shape index (κ2) is 10.2. The molecule has 0 unspecified atom stereocenters. The molecular formula is C27H23F3N4O2. The fraction of sp³-hybridized carbons (Fsp3) is 0.185. The van der Waals surface area contributed by atoms with Gasteiger partial charge in [0.05, 0.1) is 28.0 Å². The van der Waals surface area contributed by atoms with Gasteiger partial charge in [-0.05, 0) is 43.3 Å². The van der Waals surface area contributed by atoms with E-state index < -0.39 is 17.6 Å². The first-order valence-electron chi connectivity index (χ1n) is 11.2. The smallest absolute Gasteiger partial charge is 0.356 e.